The van der Waals surface area contributed by atoms with E-state index in [9.17, 15) is 0 Å². The molecule has 0 saturated carbocycles. The van der Waals surface area contributed by atoms with Crippen molar-refractivity contribution in [3.05, 3.63) is 60.3 Å². The van der Waals surface area contributed by atoms with Crippen molar-refractivity contribution in [2.24, 2.45) is 5.92 Å². The van der Waals surface area contributed by atoms with Crippen LogP contribution in [-0.2, 0) is 6.54 Å². The summed E-state index contributed by atoms with van der Waals surface area (Å²) in [5.74, 6) is 1.62. The molecule has 1 saturated heterocycles. The van der Waals surface area contributed by atoms with Gasteiger partial charge in [0.15, 0.2) is 0 Å². The first-order valence-corrected chi connectivity index (χ1v) is 7.75. The minimum absolute atomic E-state index is 0.520. The third-order valence-electron chi connectivity index (χ3n) is 4.24. The van der Waals surface area contributed by atoms with E-state index in [-0.39, 0.29) is 0 Å². The second-order valence-electron chi connectivity index (χ2n) is 5.95. The molecular weight excluding hydrogens is 258 g/mol. The monoisotopic (exact) mass is 281 g/mol. The van der Waals surface area contributed by atoms with Crippen molar-refractivity contribution in [2.45, 2.75) is 25.9 Å². The largest absolute Gasteiger partial charge is 0.367 e. The van der Waals surface area contributed by atoms with E-state index in [0.29, 0.717) is 12.0 Å². The number of hydrogen-bond acceptors (Lipinski definition) is 3. The summed E-state index contributed by atoms with van der Waals surface area (Å²) in [7, 11) is 0. The lowest BCUT2D eigenvalue weighted by molar-refractivity contribution is 0.164. The zero-order valence-electron chi connectivity index (χ0n) is 12.6. The molecule has 2 atom stereocenters. The lowest BCUT2D eigenvalue weighted by atomic mass is 9.93. The lowest BCUT2D eigenvalue weighted by Crippen LogP contribution is -2.44. The van der Waals surface area contributed by atoms with E-state index in [0.717, 1.165) is 25.5 Å². The average Bonchev–Trinajstić information content (AvgIpc) is 2.52. The summed E-state index contributed by atoms with van der Waals surface area (Å²) >= 11 is 0. The van der Waals surface area contributed by atoms with Gasteiger partial charge in [-0.3, -0.25) is 4.90 Å². The molecule has 3 nitrogen and oxygen atoms in total. The molecule has 1 aliphatic heterocycles. The van der Waals surface area contributed by atoms with Gasteiger partial charge in [-0.1, -0.05) is 43.3 Å². The van der Waals surface area contributed by atoms with E-state index in [1.54, 1.807) is 0 Å². The van der Waals surface area contributed by atoms with Crippen LogP contribution in [0.25, 0.3) is 0 Å². The van der Waals surface area contributed by atoms with Crippen LogP contribution in [0.2, 0.25) is 0 Å². The van der Waals surface area contributed by atoms with Crippen molar-refractivity contribution < 1.29 is 0 Å². The highest BCUT2D eigenvalue weighted by Crippen LogP contribution is 2.21. The Morgan fingerprint density at radius 3 is 2.67 bits per heavy atom. The van der Waals surface area contributed by atoms with Crippen molar-refractivity contribution in [3.8, 4) is 0 Å². The molecule has 0 amide bonds. The van der Waals surface area contributed by atoms with Gasteiger partial charge in [0, 0.05) is 31.9 Å². The minimum atomic E-state index is 0.520. The van der Waals surface area contributed by atoms with Crippen LogP contribution >= 0.6 is 0 Å². The number of benzene rings is 1. The van der Waals surface area contributed by atoms with Crippen LogP contribution in [0.5, 0.6) is 0 Å². The fourth-order valence-corrected chi connectivity index (χ4v) is 3.07. The predicted octanol–water partition coefficient (Wildman–Crippen LogP) is 3.40. The number of nitrogens with zero attached hydrogens (tertiary/aromatic N) is 2. The SMILES string of the molecule is CC1CN(Cc2ccccc2)CCC1Nc1ccccn1. The quantitative estimate of drug-likeness (QED) is 0.931. The normalized spacial score (nSPS) is 22.9. The molecule has 21 heavy (non-hydrogen) atoms. The molecule has 1 aliphatic rings. The van der Waals surface area contributed by atoms with Crippen molar-refractivity contribution in [1.29, 1.82) is 0 Å². The molecule has 0 aliphatic carbocycles. The Morgan fingerprint density at radius 2 is 1.95 bits per heavy atom. The van der Waals surface area contributed by atoms with Crippen molar-refractivity contribution in [1.82, 2.24) is 9.88 Å². The van der Waals surface area contributed by atoms with Crippen LogP contribution in [0.4, 0.5) is 5.82 Å². The smallest absolute Gasteiger partial charge is 0.126 e. The summed E-state index contributed by atoms with van der Waals surface area (Å²) in [5.41, 5.74) is 1.40. The van der Waals surface area contributed by atoms with E-state index in [2.05, 4.69) is 52.5 Å². The average molecular weight is 281 g/mol. The molecule has 0 spiro atoms. The highest BCUT2D eigenvalue weighted by molar-refractivity contribution is 5.34. The first-order valence-electron chi connectivity index (χ1n) is 7.75. The summed E-state index contributed by atoms with van der Waals surface area (Å²) < 4.78 is 0. The van der Waals surface area contributed by atoms with Gasteiger partial charge in [0.1, 0.15) is 5.82 Å². The molecule has 0 radical (unpaired) electrons. The van der Waals surface area contributed by atoms with E-state index in [1.165, 1.54) is 12.0 Å². The van der Waals surface area contributed by atoms with Crippen LogP contribution in [0.15, 0.2) is 54.7 Å². The minimum Gasteiger partial charge on any atom is -0.367 e. The van der Waals surface area contributed by atoms with E-state index in [4.69, 9.17) is 0 Å². The Kier molecular flexibility index (Phi) is 4.51. The van der Waals surface area contributed by atoms with Crippen LogP contribution < -0.4 is 5.32 Å². The van der Waals surface area contributed by atoms with Crippen LogP contribution in [0.1, 0.15) is 18.9 Å². The maximum absolute atomic E-state index is 4.37. The van der Waals surface area contributed by atoms with Crippen molar-refractivity contribution in [2.75, 3.05) is 18.4 Å². The van der Waals surface area contributed by atoms with Gasteiger partial charge in [-0.2, -0.15) is 0 Å². The molecule has 1 N–H and O–H groups in total. The second-order valence-corrected chi connectivity index (χ2v) is 5.95. The number of hydrogen-bond donors (Lipinski definition) is 1. The van der Waals surface area contributed by atoms with E-state index >= 15 is 0 Å². The van der Waals surface area contributed by atoms with Gasteiger partial charge in [-0.25, -0.2) is 4.98 Å². The topological polar surface area (TPSA) is 28.2 Å². The summed E-state index contributed by atoms with van der Waals surface area (Å²) in [5, 5.41) is 3.58. The summed E-state index contributed by atoms with van der Waals surface area (Å²) in [6, 6.07) is 17.3. The molecule has 1 aromatic carbocycles. The molecule has 2 aromatic rings. The Morgan fingerprint density at radius 1 is 1.14 bits per heavy atom. The fourth-order valence-electron chi connectivity index (χ4n) is 3.07. The van der Waals surface area contributed by atoms with Crippen LogP contribution in [0.3, 0.4) is 0 Å². The van der Waals surface area contributed by atoms with E-state index < -0.39 is 0 Å². The standard InChI is InChI=1S/C18H23N3/c1-15-13-21(14-16-7-3-2-4-8-16)12-10-17(15)20-18-9-5-6-11-19-18/h2-9,11,15,17H,10,12-14H2,1H3,(H,19,20). The Labute approximate surface area is 127 Å². The zero-order chi connectivity index (χ0) is 14.5. The number of nitrogens with one attached hydrogen (secondary N) is 1. The summed E-state index contributed by atoms with van der Waals surface area (Å²) in [6.45, 7) is 5.67. The molecule has 2 heterocycles. The maximum atomic E-state index is 4.37. The molecule has 1 fully saturated rings. The Balaban J connectivity index is 1.54. The molecule has 1 aromatic heterocycles. The zero-order valence-corrected chi connectivity index (χ0v) is 12.6. The molecule has 110 valence electrons. The highest BCUT2D eigenvalue weighted by atomic mass is 15.2. The maximum Gasteiger partial charge on any atom is 0.126 e. The van der Waals surface area contributed by atoms with Gasteiger partial charge in [0.2, 0.25) is 0 Å². The summed E-state index contributed by atoms with van der Waals surface area (Å²) in [4.78, 5) is 6.92. The molecular formula is C18H23N3. The lowest BCUT2D eigenvalue weighted by Gasteiger charge is -2.37. The van der Waals surface area contributed by atoms with Crippen LogP contribution in [0, 0.1) is 5.92 Å². The molecule has 0 bridgehead atoms. The van der Waals surface area contributed by atoms with Crippen LogP contribution in [-0.4, -0.2) is 29.0 Å². The second kappa shape index (κ2) is 6.72. The van der Waals surface area contributed by atoms with Gasteiger partial charge in [-0.15, -0.1) is 0 Å². The number of rotatable bonds is 4. The Hall–Kier alpha value is -1.87. The third kappa shape index (κ3) is 3.82. The molecule has 2 unspecified atom stereocenters. The van der Waals surface area contributed by atoms with Crippen molar-refractivity contribution in [3.63, 3.8) is 0 Å². The van der Waals surface area contributed by atoms with Gasteiger partial charge in [0.05, 0.1) is 0 Å². The van der Waals surface area contributed by atoms with Gasteiger partial charge >= 0.3 is 0 Å². The van der Waals surface area contributed by atoms with Crippen molar-refractivity contribution >= 4 is 5.82 Å². The third-order valence-corrected chi connectivity index (χ3v) is 4.24. The number of aromatic nitrogens is 1. The number of piperidine rings is 1. The predicted molar refractivity (Wildman–Crippen MR) is 87.1 cm³/mol. The number of likely N-dealkylation sites (tertiary alicyclic amines) is 1. The number of anilines is 1. The highest BCUT2D eigenvalue weighted by Gasteiger charge is 2.26. The van der Waals surface area contributed by atoms with Gasteiger partial charge in [-0.05, 0) is 30.0 Å². The first-order chi connectivity index (χ1) is 10.3. The first kappa shape index (κ1) is 14.1. The van der Waals surface area contributed by atoms with E-state index in [1.807, 2.05) is 24.4 Å². The van der Waals surface area contributed by atoms with Gasteiger partial charge < -0.3 is 5.32 Å². The summed E-state index contributed by atoms with van der Waals surface area (Å²) in [6.07, 6.45) is 3.02. The van der Waals surface area contributed by atoms with Gasteiger partial charge in [0.25, 0.3) is 0 Å². The fraction of sp³-hybridized carbons (Fsp3) is 0.389. The number of pyridine rings is 1. The molecule has 3 heteroatoms. The Bertz CT molecular complexity index is 541. The molecule has 3 rings (SSSR count).